The molecule has 1 aromatic rings. The summed E-state index contributed by atoms with van der Waals surface area (Å²) >= 11 is 0. The maximum absolute atomic E-state index is 12.1. The molecule has 0 aromatic heterocycles. The van der Waals surface area contributed by atoms with Crippen LogP contribution in [0.4, 0.5) is 14.5 Å². The fourth-order valence-corrected chi connectivity index (χ4v) is 1.29. The van der Waals surface area contributed by atoms with E-state index in [1.807, 2.05) is 0 Å². The number of methoxy groups -OCH3 is 1. The summed E-state index contributed by atoms with van der Waals surface area (Å²) in [4.78, 5) is 7.45. The van der Waals surface area contributed by atoms with E-state index in [0.29, 0.717) is 5.69 Å². The monoisotopic (exact) mass is 287 g/mol. The predicted molar refractivity (Wildman–Crippen MR) is 71.6 cm³/mol. The Kier molecular flexibility index (Phi) is 5.51. The fraction of sp³-hybridized carbons (Fsp3) is 0.273. The van der Waals surface area contributed by atoms with E-state index in [0.717, 1.165) is 0 Å². The van der Waals surface area contributed by atoms with Gasteiger partial charge in [0.25, 0.3) is 6.43 Å². The summed E-state index contributed by atoms with van der Waals surface area (Å²) in [5, 5.41) is 0. The number of guanidine groups is 2. The normalized spacial score (nSPS) is 11.3. The minimum Gasteiger partial charge on any atom is -0.493 e. The highest BCUT2D eigenvalue weighted by molar-refractivity contribution is 5.93. The van der Waals surface area contributed by atoms with Crippen molar-refractivity contribution in [3.8, 4) is 11.5 Å². The Hall–Kier alpha value is -2.58. The van der Waals surface area contributed by atoms with E-state index in [2.05, 4.69) is 9.98 Å². The largest absolute Gasteiger partial charge is 0.493 e. The van der Waals surface area contributed by atoms with Crippen molar-refractivity contribution < 1.29 is 18.3 Å². The molecule has 7 nitrogen and oxygen atoms in total. The zero-order valence-corrected chi connectivity index (χ0v) is 10.7. The summed E-state index contributed by atoms with van der Waals surface area (Å²) in [6.07, 6.45) is -2.57. The zero-order chi connectivity index (χ0) is 15.1. The minimum atomic E-state index is -2.57. The van der Waals surface area contributed by atoms with Crippen molar-refractivity contribution in [2.75, 3.05) is 13.7 Å². The maximum atomic E-state index is 12.1. The third-order valence-electron chi connectivity index (χ3n) is 2.00. The highest BCUT2D eigenvalue weighted by atomic mass is 19.3. The van der Waals surface area contributed by atoms with Crippen LogP contribution in [0.15, 0.2) is 28.2 Å². The summed E-state index contributed by atoms with van der Waals surface area (Å²) in [6.45, 7) is -0.727. The molecule has 1 aromatic carbocycles. The number of hydrogen-bond acceptors (Lipinski definition) is 3. The average Bonchev–Trinajstić information content (AvgIpc) is 2.35. The lowest BCUT2D eigenvalue weighted by Crippen LogP contribution is -2.26. The molecule has 0 radical (unpaired) electrons. The van der Waals surface area contributed by atoms with E-state index in [1.54, 1.807) is 0 Å². The summed E-state index contributed by atoms with van der Waals surface area (Å²) in [5.74, 6) is 0.0416. The molecule has 0 aliphatic rings. The summed E-state index contributed by atoms with van der Waals surface area (Å²) in [6, 6.07) is 4.39. The number of alkyl halides is 2. The first kappa shape index (κ1) is 15.5. The van der Waals surface area contributed by atoms with Gasteiger partial charge in [-0.25, -0.2) is 13.8 Å². The highest BCUT2D eigenvalue weighted by Gasteiger charge is 2.09. The van der Waals surface area contributed by atoms with Crippen LogP contribution in [0.3, 0.4) is 0 Å². The Morgan fingerprint density at radius 2 is 1.95 bits per heavy atom. The maximum Gasteiger partial charge on any atom is 0.272 e. The molecule has 0 bridgehead atoms. The molecule has 0 heterocycles. The average molecular weight is 287 g/mol. The molecule has 20 heavy (non-hydrogen) atoms. The Labute approximate surface area is 114 Å². The molecule has 0 aliphatic heterocycles. The molecule has 0 unspecified atom stereocenters. The third-order valence-corrected chi connectivity index (χ3v) is 2.00. The van der Waals surface area contributed by atoms with Gasteiger partial charge < -0.3 is 26.7 Å². The van der Waals surface area contributed by atoms with E-state index >= 15 is 0 Å². The summed E-state index contributed by atoms with van der Waals surface area (Å²) < 4.78 is 34.1. The SMILES string of the molecule is COc1cc(N=C(N)N=C(N)N)ccc1OCC(F)F. The lowest BCUT2D eigenvalue weighted by Gasteiger charge is -2.10. The third kappa shape index (κ3) is 4.96. The quantitative estimate of drug-likeness (QED) is 0.539. The van der Waals surface area contributed by atoms with Gasteiger partial charge in [-0.15, -0.1) is 0 Å². The van der Waals surface area contributed by atoms with E-state index in [4.69, 9.17) is 26.7 Å². The van der Waals surface area contributed by atoms with E-state index in [1.165, 1.54) is 25.3 Å². The molecule has 1 rings (SSSR count). The molecule has 0 amide bonds. The van der Waals surface area contributed by atoms with Crippen molar-refractivity contribution in [3.05, 3.63) is 18.2 Å². The van der Waals surface area contributed by atoms with Crippen molar-refractivity contribution in [2.24, 2.45) is 27.2 Å². The predicted octanol–water partition coefficient (Wildman–Crippen LogP) is 0.559. The number of halogens is 2. The number of nitrogens with zero attached hydrogens (tertiary/aromatic N) is 2. The molecule has 110 valence electrons. The molecule has 0 atom stereocenters. The number of hydrogen-bond donors (Lipinski definition) is 3. The van der Waals surface area contributed by atoms with Gasteiger partial charge in [0.15, 0.2) is 17.5 Å². The van der Waals surface area contributed by atoms with Gasteiger partial charge in [0, 0.05) is 6.07 Å². The van der Waals surface area contributed by atoms with Crippen molar-refractivity contribution in [2.45, 2.75) is 6.43 Å². The van der Waals surface area contributed by atoms with Gasteiger partial charge in [-0.05, 0) is 12.1 Å². The Balaban J connectivity index is 2.95. The highest BCUT2D eigenvalue weighted by Crippen LogP contribution is 2.31. The zero-order valence-electron chi connectivity index (χ0n) is 10.7. The standard InChI is InChI=1S/C11H15F2N5O2/c1-19-8-4-6(17-11(16)18-10(14)15)2-3-7(8)20-5-9(12)13/h2-4,9H,5H2,1H3,(H6,14,15,16,17,18). The van der Waals surface area contributed by atoms with Gasteiger partial charge in [0.05, 0.1) is 12.8 Å². The Bertz CT molecular complexity index is 516. The fourth-order valence-electron chi connectivity index (χ4n) is 1.29. The number of rotatable bonds is 5. The van der Waals surface area contributed by atoms with Crippen LogP contribution in [0.5, 0.6) is 11.5 Å². The van der Waals surface area contributed by atoms with Crippen molar-refractivity contribution >= 4 is 17.6 Å². The van der Waals surface area contributed by atoms with Gasteiger partial charge in [-0.1, -0.05) is 0 Å². The first-order chi connectivity index (χ1) is 9.42. The van der Waals surface area contributed by atoms with Crippen LogP contribution in [0.1, 0.15) is 0 Å². The van der Waals surface area contributed by atoms with Crippen LogP contribution in [0.2, 0.25) is 0 Å². The van der Waals surface area contributed by atoms with Crippen LogP contribution in [0, 0.1) is 0 Å². The van der Waals surface area contributed by atoms with Gasteiger partial charge in [-0.3, -0.25) is 0 Å². The van der Waals surface area contributed by atoms with E-state index in [9.17, 15) is 8.78 Å². The Morgan fingerprint density at radius 1 is 1.25 bits per heavy atom. The lowest BCUT2D eigenvalue weighted by atomic mass is 10.3. The van der Waals surface area contributed by atoms with Gasteiger partial charge in [0.1, 0.15) is 6.61 Å². The number of aliphatic imine (C=N–C) groups is 2. The number of ether oxygens (including phenoxy) is 2. The number of nitrogens with two attached hydrogens (primary N) is 3. The lowest BCUT2D eigenvalue weighted by molar-refractivity contribution is 0.0804. The van der Waals surface area contributed by atoms with Crippen molar-refractivity contribution in [1.29, 1.82) is 0 Å². The van der Waals surface area contributed by atoms with Crippen molar-refractivity contribution in [3.63, 3.8) is 0 Å². The molecule has 0 aliphatic carbocycles. The second kappa shape index (κ2) is 7.12. The molecule has 0 fully saturated rings. The first-order valence-corrected chi connectivity index (χ1v) is 5.45. The molecule has 0 saturated carbocycles. The molecule has 0 spiro atoms. The van der Waals surface area contributed by atoms with Gasteiger partial charge in [0.2, 0.25) is 5.96 Å². The molecular weight excluding hydrogens is 272 g/mol. The van der Waals surface area contributed by atoms with Crippen molar-refractivity contribution in [1.82, 2.24) is 0 Å². The van der Waals surface area contributed by atoms with Gasteiger partial charge in [-0.2, -0.15) is 4.99 Å². The molecular formula is C11H15F2N5O2. The second-order valence-electron chi connectivity index (χ2n) is 3.54. The first-order valence-electron chi connectivity index (χ1n) is 5.45. The van der Waals surface area contributed by atoms with Crippen LogP contribution in [-0.2, 0) is 0 Å². The summed E-state index contributed by atoms with van der Waals surface area (Å²) in [7, 11) is 1.37. The minimum absolute atomic E-state index is 0.145. The topological polar surface area (TPSA) is 121 Å². The van der Waals surface area contributed by atoms with Crippen LogP contribution >= 0.6 is 0 Å². The van der Waals surface area contributed by atoms with Crippen LogP contribution in [-0.4, -0.2) is 32.1 Å². The van der Waals surface area contributed by atoms with E-state index in [-0.39, 0.29) is 23.4 Å². The second-order valence-corrected chi connectivity index (χ2v) is 3.54. The molecule has 6 N–H and O–H groups in total. The Morgan fingerprint density at radius 3 is 2.50 bits per heavy atom. The summed E-state index contributed by atoms with van der Waals surface area (Å²) in [5.41, 5.74) is 16.1. The van der Waals surface area contributed by atoms with Crippen LogP contribution < -0.4 is 26.7 Å². The van der Waals surface area contributed by atoms with E-state index < -0.39 is 13.0 Å². The molecule has 9 heteroatoms. The smallest absolute Gasteiger partial charge is 0.272 e. The van der Waals surface area contributed by atoms with Crippen LogP contribution in [0.25, 0.3) is 0 Å². The van der Waals surface area contributed by atoms with Gasteiger partial charge >= 0.3 is 0 Å². The number of benzene rings is 1. The molecule has 0 saturated heterocycles.